The Balaban J connectivity index is 1.73. The van der Waals surface area contributed by atoms with E-state index in [2.05, 4.69) is 5.32 Å². The number of amides is 2. The fraction of sp³-hybridized carbons (Fsp3) is 0.400. The van der Waals surface area contributed by atoms with Gasteiger partial charge in [0.05, 0.1) is 6.42 Å². The predicted molar refractivity (Wildman–Crippen MR) is 94.8 cm³/mol. The van der Waals surface area contributed by atoms with Crippen LogP contribution < -0.4 is 9.88 Å². The zero-order valence-electron chi connectivity index (χ0n) is 12.5. The third-order valence-electron chi connectivity index (χ3n) is 3.88. The molecule has 0 unspecified atom stereocenters. The fourth-order valence-electron chi connectivity index (χ4n) is 2.79. The molecule has 1 aromatic heterocycles. The number of nitrogens with zero attached hydrogens (tertiary/aromatic N) is 2. The summed E-state index contributed by atoms with van der Waals surface area (Å²) in [6.07, 6.45) is 4.67. The predicted octanol–water partition coefficient (Wildman–Crippen LogP) is 1.80. The molecule has 2 atom stereocenters. The molecule has 1 N–H and O–H groups in total. The Bertz CT molecular complexity index is 693. The molecule has 1 aromatic rings. The summed E-state index contributed by atoms with van der Waals surface area (Å²) in [6.45, 7) is 0.617. The Kier molecular flexibility index (Phi) is 5.30. The Morgan fingerprint density at radius 2 is 2.21 bits per heavy atom. The van der Waals surface area contributed by atoms with E-state index in [1.54, 1.807) is 16.7 Å². The summed E-state index contributed by atoms with van der Waals surface area (Å²) in [4.78, 5) is 24.2. The standard InChI is InChI=1S/C15H14Cl3N3O2S/c16-15(17,18)5-11-3-1-2-4-20(11)6-10-7-21-13(23)12(19-9-22)14(21)24-8-10/h1-4,7,9,12,14H,5-6,8H2/p+1/t12-,14-/m1/s1. The van der Waals surface area contributed by atoms with Gasteiger partial charge in [0.2, 0.25) is 6.41 Å². The number of fused-ring (bicyclic) bond motifs is 1. The number of hydrogen-bond donors (Lipinski definition) is 1. The Morgan fingerprint density at radius 3 is 2.92 bits per heavy atom. The number of thioether (sulfide) groups is 1. The molecule has 5 nitrogen and oxygen atoms in total. The topological polar surface area (TPSA) is 53.3 Å². The van der Waals surface area contributed by atoms with Gasteiger partial charge in [0, 0.05) is 29.7 Å². The van der Waals surface area contributed by atoms with Crippen molar-refractivity contribution in [3.05, 3.63) is 41.9 Å². The van der Waals surface area contributed by atoms with Gasteiger partial charge in [-0.05, 0) is 0 Å². The number of nitrogens with one attached hydrogen (secondary N) is 1. The first-order valence-electron chi connectivity index (χ1n) is 7.26. The smallest absolute Gasteiger partial charge is 0.253 e. The molecule has 0 aromatic carbocycles. The minimum atomic E-state index is -1.36. The molecule has 0 aliphatic carbocycles. The highest BCUT2D eigenvalue weighted by Gasteiger charge is 2.48. The largest absolute Gasteiger partial charge is 0.344 e. The number of halogens is 3. The molecule has 1 saturated heterocycles. The van der Waals surface area contributed by atoms with Crippen molar-refractivity contribution in [2.45, 2.75) is 28.2 Å². The SMILES string of the molecule is O=CN[C@@H]1C(=O)N2C=C(C[n+]3ccccc3CC(Cl)(Cl)Cl)CS[C@H]12. The van der Waals surface area contributed by atoms with E-state index in [9.17, 15) is 9.59 Å². The fourth-order valence-corrected chi connectivity index (χ4v) is 4.46. The highest BCUT2D eigenvalue weighted by Crippen LogP contribution is 2.36. The van der Waals surface area contributed by atoms with Crippen molar-refractivity contribution in [3.63, 3.8) is 0 Å². The molecule has 2 amide bonds. The van der Waals surface area contributed by atoms with Crippen molar-refractivity contribution in [3.8, 4) is 0 Å². The molecule has 2 aliphatic rings. The van der Waals surface area contributed by atoms with Crippen LogP contribution in [0.1, 0.15) is 5.69 Å². The van der Waals surface area contributed by atoms with Crippen LogP contribution in [-0.4, -0.2) is 38.2 Å². The number of β-lactam (4-membered cyclic amide) rings is 1. The van der Waals surface area contributed by atoms with Gasteiger partial charge in [-0.15, -0.1) is 11.8 Å². The van der Waals surface area contributed by atoms with E-state index in [1.807, 2.05) is 35.2 Å². The number of carbonyl (C=O) groups excluding carboxylic acids is 2. The molecule has 9 heteroatoms. The lowest BCUT2D eigenvalue weighted by atomic mass is 10.1. The molecule has 0 saturated carbocycles. The molecule has 128 valence electrons. The van der Waals surface area contributed by atoms with Crippen molar-refractivity contribution in [2.75, 3.05) is 5.75 Å². The van der Waals surface area contributed by atoms with Gasteiger partial charge in [0.25, 0.3) is 5.91 Å². The summed E-state index contributed by atoms with van der Waals surface area (Å²) in [5, 5.41) is 2.54. The monoisotopic (exact) mass is 406 g/mol. The van der Waals surface area contributed by atoms with Gasteiger partial charge < -0.3 is 10.2 Å². The molecule has 24 heavy (non-hydrogen) atoms. The van der Waals surface area contributed by atoms with Crippen LogP contribution in [-0.2, 0) is 22.6 Å². The van der Waals surface area contributed by atoms with E-state index >= 15 is 0 Å². The van der Waals surface area contributed by atoms with Crippen LogP contribution in [0.25, 0.3) is 0 Å². The van der Waals surface area contributed by atoms with E-state index in [0.717, 1.165) is 17.0 Å². The molecule has 0 radical (unpaired) electrons. The molecule has 3 heterocycles. The number of aromatic nitrogens is 1. The lowest BCUT2D eigenvalue weighted by molar-refractivity contribution is -0.696. The highest BCUT2D eigenvalue weighted by molar-refractivity contribution is 8.00. The number of alkyl halides is 3. The third-order valence-corrected chi connectivity index (χ3v) is 5.66. The number of hydrogen-bond acceptors (Lipinski definition) is 3. The zero-order chi connectivity index (χ0) is 17.3. The highest BCUT2D eigenvalue weighted by atomic mass is 35.6. The van der Waals surface area contributed by atoms with Crippen molar-refractivity contribution in [1.29, 1.82) is 0 Å². The molecular formula is C15H15Cl3N3O2S+. The molecule has 0 bridgehead atoms. The Labute approximate surface area is 158 Å². The summed E-state index contributed by atoms with van der Waals surface area (Å²) in [7, 11) is 0. The average molecular weight is 408 g/mol. The van der Waals surface area contributed by atoms with Crippen LogP contribution >= 0.6 is 46.6 Å². The second-order valence-corrected chi connectivity index (χ2v) is 9.23. The quantitative estimate of drug-likeness (QED) is 0.350. The summed E-state index contributed by atoms with van der Waals surface area (Å²) in [6, 6.07) is 5.31. The first-order valence-corrected chi connectivity index (χ1v) is 9.44. The normalized spacial score (nSPS) is 23.2. The summed E-state index contributed by atoms with van der Waals surface area (Å²) in [5.74, 6) is 0.692. The van der Waals surface area contributed by atoms with Crippen LogP contribution in [0.2, 0.25) is 0 Å². The molecule has 3 rings (SSSR count). The molecule has 0 spiro atoms. The Hall–Kier alpha value is -0.950. The maximum absolute atomic E-state index is 12.0. The maximum atomic E-state index is 12.0. The maximum Gasteiger partial charge on any atom is 0.253 e. The van der Waals surface area contributed by atoms with Crippen LogP contribution in [0.3, 0.4) is 0 Å². The van der Waals surface area contributed by atoms with Crippen LogP contribution in [0.15, 0.2) is 36.2 Å². The second-order valence-electron chi connectivity index (χ2n) is 5.61. The van der Waals surface area contributed by atoms with Crippen LogP contribution in [0.4, 0.5) is 0 Å². The van der Waals surface area contributed by atoms with Gasteiger partial charge in [-0.1, -0.05) is 40.9 Å². The van der Waals surface area contributed by atoms with Crippen LogP contribution in [0.5, 0.6) is 0 Å². The first kappa shape index (κ1) is 17.9. The first-order chi connectivity index (χ1) is 11.4. The van der Waals surface area contributed by atoms with Crippen molar-refractivity contribution >= 4 is 58.9 Å². The summed E-state index contributed by atoms with van der Waals surface area (Å²) < 4.78 is 0.658. The average Bonchev–Trinajstić information content (AvgIpc) is 2.53. The molecule has 1 fully saturated rings. The van der Waals surface area contributed by atoms with E-state index in [-0.39, 0.29) is 11.3 Å². The van der Waals surface area contributed by atoms with Gasteiger partial charge in [-0.25, -0.2) is 0 Å². The minimum Gasteiger partial charge on any atom is -0.344 e. The number of pyridine rings is 1. The minimum absolute atomic E-state index is 0.0205. The van der Waals surface area contributed by atoms with E-state index in [0.29, 0.717) is 19.4 Å². The van der Waals surface area contributed by atoms with Gasteiger partial charge in [0.1, 0.15) is 11.4 Å². The van der Waals surface area contributed by atoms with Crippen molar-refractivity contribution in [2.24, 2.45) is 0 Å². The second kappa shape index (κ2) is 7.12. The van der Waals surface area contributed by atoms with Gasteiger partial charge in [0.15, 0.2) is 22.2 Å². The summed E-state index contributed by atoms with van der Waals surface area (Å²) in [5.41, 5.74) is 2.00. The van der Waals surface area contributed by atoms with Gasteiger partial charge >= 0.3 is 0 Å². The molecule has 2 aliphatic heterocycles. The summed E-state index contributed by atoms with van der Waals surface area (Å²) >= 11 is 19.4. The van der Waals surface area contributed by atoms with Crippen molar-refractivity contribution in [1.82, 2.24) is 10.2 Å². The van der Waals surface area contributed by atoms with E-state index in [4.69, 9.17) is 34.8 Å². The Morgan fingerprint density at radius 1 is 1.42 bits per heavy atom. The third kappa shape index (κ3) is 3.82. The zero-order valence-corrected chi connectivity index (χ0v) is 15.6. The molecular weight excluding hydrogens is 393 g/mol. The van der Waals surface area contributed by atoms with E-state index in [1.165, 1.54) is 0 Å². The van der Waals surface area contributed by atoms with Gasteiger partial charge in [-0.2, -0.15) is 4.57 Å². The lowest BCUT2D eigenvalue weighted by Gasteiger charge is -2.46. The van der Waals surface area contributed by atoms with Crippen molar-refractivity contribution < 1.29 is 14.2 Å². The lowest BCUT2D eigenvalue weighted by Crippen LogP contribution is -2.67. The number of carbonyl (C=O) groups is 2. The van der Waals surface area contributed by atoms with Crippen LogP contribution in [0, 0.1) is 0 Å². The van der Waals surface area contributed by atoms with E-state index < -0.39 is 9.83 Å². The van der Waals surface area contributed by atoms with Gasteiger partial charge in [-0.3, -0.25) is 9.59 Å². The number of rotatable bonds is 5.